The first kappa shape index (κ1) is 17.6. The van der Waals surface area contributed by atoms with Crippen molar-refractivity contribution in [2.75, 3.05) is 0 Å². The van der Waals surface area contributed by atoms with E-state index in [1.807, 2.05) is 6.92 Å². The Balaban J connectivity index is 1.78. The molecule has 0 spiro atoms. The molecule has 0 aromatic heterocycles. The van der Waals surface area contributed by atoms with Gasteiger partial charge in [0.2, 0.25) is 0 Å². The van der Waals surface area contributed by atoms with E-state index < -0.39 is 17.6 Å². The maximum absolute atomic E-state index is 14.4. The molecule has 0 atom stereocenters. The van der Waals surface area contributed by atoms with E-state index in [2.05, 4.69) is 6.92 Å². The molecule has 0 radical (unpaired) electrons. The predicted molar refractivity (Wildman–Crippen MR) is 93.3 cm³/mol. The third-order valence-corrected chi connectivity index (χ3v) is 4.92. The van der Waals surface area contributed by atoms with Crippen molar-refractivity contribution in [1.82, 2.24) is 0 Å². The van der Waals surface area contributed by atoms with Gasteiger partial charge < -0.3 is 4.74 Å². The second-order valence-electron chi connectivity index (χ2n) is 7.01. The van der Waals surface area contributed by atoms with Gasteiger partial charge in [-0.25, -0.2) is 8.78 Å². The number of hydrogen-bond acceptors (Lipinski definition) is 2. The van der Waals surface area contributed by atoms with Crippen LogP contribution in [0.1, 0.15) is 38.2 Å². The average Bonchev–Trinajstić information content (AvgIpc) is 2.56. The van der Waals surface area contributed by atoms with Gasteiger partial charge in [0.1, 0.15) is 17.4 Å². The van der Waals surface area contributed by atoms with Crippen LogP contribution in [0.4, 0.5) is 8.78 Å². The van der Waals surface area contributed by atoms with Gasteiger partial charge in [0.15, 0.2) is 0 Å². The third kappa shape index (κ3) is 4.06. The molecule has 4 heteroatoms. The molecule has 1 saturated carbocycles. The van der Waals surface area contributed by atoms with Gasteiger partial charge >= 0.3 is 5.97 Å². The van der Waals surface area contributed by atoms with Gasteiger partial charge in [0.05, 0.1) is 11.5 Å². The number of rotatable bonds is 3. The molecule has 25 heavy (non-hydrogen) atoms. The van der Waals surface area contributed by atoms with Crippen LogP contribution in [0.5, 0.6) is 5.75 Å². The van der Waals surface area contributed by atoms with Crippen molar-refractivity contribution in [3.63, 3.8) is 0 Å². The number of carbonyl (C=O) groups excluding carboxylic acids is 1. The Hall–Kier alpha value is -2.23. The number of ether oxygens (including phenoxy) is 1. The van der Waals surface area contributed by atoms with E-state index >= 15 is 0 Å². The second kappa shape index (κ2) is 7.34. The van der Waals surface area contributed by atoms with Crippen molar-refractivity contribution in [1.29, 1.82) is 0 Å². The zero-order valence-electron chi connectivity index (χ0n) is 14.5. The van der Waals surface area contributed by atoms with Gasteiger partial charge in [0.25, 0.3) is 0 Å². The third-order valence-electron chi connectivity index (χ3n) is 4.92. The van der Waals surface area contributed by atoms with Crippen LogP contribution >= 0.6 is 0 Å². The fourth-order valence-corrected chi connectivity index (χ4v) is 3.30. The van der Waals surface area contributed by atoms with Gasteiger partial charge in [0, 0.05) is 12.1 Å². The molecular weight excluding hydrogens is 322 g/mol. The summed E-state index contributed by atoms with van der Waals surface area (Å²) in [4.78, 5) is 12.2. The molecule has 132 valence electrons. The van der Waals surface area contributed by atoms with E-state index in [0.29, 0.717) is 11.5 Å². The Morgan fingerprint density at radius 2 is 1.56 bits per heavy atom. The van der Waals surface area contributed by atoms with Crippen molar-refractivity contribution in [2.45, 2.75) is 39.5 Å². The molecule has 0 bridgehead atoms. The summed E-state index contributed by atoms with van der Waals surface area (Å²) >= 11 is 0. The van der Waals surface area contributed by atoms with Gasteiger partial charge in [-0.3, -0.25) is 4.79 Å². The highest BCUT2D eigenvalue weighted by atomic mass is 19.1. The Labute approximate surface area is 146 Å². The highest BCUT2D eigenvalue weighted by Gasteiger charge is 2.26. The van der Waals surface area contributed by atoms with Crippen molar-refractivity contribution >= 4 is 5.97 Å². The maximum atomic E-state index is 14.4. The molecule has 0 N–H and O–H groups in total. The number of halogens is 2. The first-order valence-corrected chi connectivity index (χ1v) is 8.72. The molecule has 0 saturated heterocycles. The number of esters is 1. The Morgan fingerprint density at radius 3 is 2.12 bits per heavy atom. The number of aryl methyl sites for hydroxylation is 1. The molecule has 2 aromatic carbocycles. The lowest BCUT2D eigenvalue weighted by Gasteiger charge is -2.24. The highest BCUT2D eigenvalue weighted by molar-refractivity contribution is 5.76. The highest BCUT2D eigenvalue weighted by Crippen LogP contribution is 2.32. The largest absolute Gasteiger partial charge is 0.426 e. The van der Waals surface area contributed by atoms with Crippen LogP contribution in [0.15, 0.2) is 36.4 Å². The van der Waals surface area contributed by atoms with Gasteiger partial charge in [-0.15, -0.1) is 0 Å². The summed E-state index contributed by atoms with van der Waals surface area (Å²) in [7, 11) is 0. The van der Waals surface area contributed by atoms with Crippen LogP contribution in [0.25, 0.3) is 11.1 Å². The van der Waals surface area contributed by atoms with E-state index in [0.717, 1.165) is 43.4 Å². The van der Waals surface area contributed by atoms with E-state index in [1.165, 1.54) is 0 Å². The van der Waals surface area contributed by atoms with Crippen molar-refractivity contribution in [3.8, 4) is 16.9 Å². The standard InChI is InChI=1S/C21H22F2O2/c1-13-3-7-15(8-4-13)20-18(22)11-17(12-19(20)23)25-21(24)16-9-5-14(2)6-10-16/h3-4,7-8,11-12,14,16H,5-6,9-10H2,1-2H3. The Kier molecular flexibility index (Phi) is 5.16. The van der Waals surface area contributed by atoms with Crippen LogP contribution in [-0.2, 0) is 4.79 Å². The van der Waals surface area contributed by atoms with Crippen LogP contribution in [-0.4, -0.2) is 5.97 Å². The summed E-state index contributed by atoms with van der Waals surface area (Å²) < 4.78 is 34.1. The van der Waals surface area contributed by atoms with E-state index in [9.17, 15) is 13.6 Å². The molecule has 1 aliphatic carbocycles. The summed E-state index contributed by atoms with van der Waals surface area (Å²) in [6, 6.07) is 9.11. The molecular formula is C21H22F2O2. The van der Waals surface area contributed by atoms with Crippen LogP contribution in [0, 0.1) is 30.4 Å². The number of benzene rings is 2. The van der Waals surface area contributed by atoms with Gasteiger partial charge in [-0.05, 0) is 44.1 Å². The monoisotopic (exact) mass is 344 g/mol. The quantitative estimate of drug-likeness (QED) is 0.529. The fraction of sp³-hybridized carbons (Fsp3) is 0.381. The minimum absolute atomic E-state index is 0.0746. The molecule has 3 rings (SSSR count). The zero-order chi connectivity index (χ0) is 18.0. The minimum atomic E-state index is -0.732. The average molecular weight is 344 g/mol. The van der Waals surface area contributed by atoms with Crippen molar-refractivity contribution < 1.29 is 18.3 Å². The smallest absolute Gasteiger partial charge is 0.314 e. The van der Waals surface area contributed by atoms with E-state index in [1.54, 1.807) is 24.3 Å². The van der Waals surface area contributed by atoms with Crippen LogP contribution < -0.4 is 4.74 Å². The number of hydrogen-bond donors (Lipinski definition) is 0. The first-order valence-electron chi connectivity index (χ1n) is 8.72. The molecule has 1 fully saturated rings. The Bertz CT molecular complexity index is 737. The maximum Gasteiger partial charge on any atom is 0.314 e. The molecule has 0 amide bonds. The SMILES string of the molecule is Cc1ccc(-c2c(F)cc(OC(=O)C3CCC(C)CC3)cc2F)cc1. The first-order chi connectivity index (χ1) is 11.9. The molecule has 0 aliphatic heterocycles. The predicted octanol–water partition coefficient (Wildman–Crippen LogP) is 5.67. The van der Waals surface area contributed by atoms with Crippen LogP contribution in [0.2, 0.25) is 0 Å². The number of carbonyl (C=O) groups is 1. The van der Waals surface area contributed by atoms with Gasteiger partial charge in [-0.1, -0.05) is 36.8 Å². The molecule has 0 heterocycles. The summed E-state index contributed by atoms with van der Waals surface area (Å²) in [5.74, 6) is -1.50. The minimum Gasteiger partial charge on any atom is -0.426 e. The lowest BCUT2D eigenvalue weighted by atomic mass is 9.83. The second-order valence-corrected chi connectivity index (χ2v) is 7.01. The van der Waals surface area contributed by atoms with E-state index in [4.69, 9.17) is 4.74 Å². The zero-order valence-corrected chi connectivity index (χ0v) is 14.5. The van der Waals surface area contributed by atoms with Crippen LogP contribution in [0.3, 0.4) is 0 Å². The normalized spacial score (nSPS) is 20.3. The summed E-state index contributed by atoms with van der Waals surface area (Å²) in [6.45, 7) is 4.07. The summed E-state index contributed by atoms with van der Waals surface area (Å²) in [6.07, 6.45) is 3.50. The molecule has 1 aliphatic rings. The Morgan fingerprint density at radius 1 is 1.00 bits per heavy atom. The lowest BCUT2D eigenvalue weighted by molar-refractivity contribution is -0.140. The lowest BCUT2D eigenvalue weighted by Crippen LogP contribution is -2.25. The van der Waals surface area contributed by atoms with Gasteiger partial charge in [-0.2, -0.15) is 0 Å². The van der Waals surface area contributed by atoms with Crippen molar-refractivity contribution in [3.05, 3.63) is 53.6 Å². The molecule has 2 nitrogen and oxygen atoms in total. The summed E-state index contributed by atoms with van der Waals surface area (Å²) in [5.41, 5.74) is 1.36. The van der Waals surface area contributed by atoms with E-state index in [-0.39, 0.29) is 17.2 Å². The molecule has 0 unspecified atom stereocenters. The fourth-order valence-electron chi connectivity index (χ4n) is 3.30. The topological polar surface area (TPSA) is 26.3 Å². The molecule has 2 aromatic rings. The summed E-state index contributed by atoms with van der Waals surface area (Å²) in [5, 5.41) is 0. The van der Waals surface area contributed by atoms with Crippen molar-refractivity contribution in [2.24, 2.45) is 11.8 Å².